The van der Waals surface area contributed by atoms with Crippen molar-refractivity contribution < 1.29 is 13.9 Å². The van der Waals surface area contributed by atoms with Crippen LogP contribution >= 0.6 is 0 Å². The van der Waals surface area contributed by atoms with Crippen molar-refractivity contribution in [2.24, 2.45) is 7.05 Å². The maximum Gasteiger partial charge on any atom is 0.295 e. The van der Waals surface area contributed by atoms with Crippen LogP contribution in [0.4, 0.5) is 10.1 Å². The van der Waals surface area contributed by atoms with E-state index in [1.807, 2.05) is 30.3 Å². The summed E-state index contributed by atoms with van der Waals surface area (Å²) < 4.78 is 21.5. The zero-order valence-electron chi connectivity index (χ0n) is 15.1. The summed E-state index contributed by atoms with van der Waals surface area (Å²) in [5.41, 5.74) is 1.31. The largest absolute Gasteiger partial charge is 0.493 e. The first kappa shape index (κ1) is 18.4. The Morgan fingerprint density at radius 2 is 1.78 bits per heavy atom. The number of nitrogens with one attached hydrogen (secondary N) is 1. The Morgan fingerprint density at radius 1 is 1.11 bits per heavy atom. The van der Waals surface area contributed by atoms with Crippen LogP contribution in [0.25, 0.3) is 5.69 Å². The van der Waals surface area contributed by atoms with Crippen molar-refractivity contribution in [2.75, 3.05) is 11.9 Å². The monoisotopic (exact) mass is 369 g/mol. The number of aromatic nitrogens is 2. The smallest absolute Gasteiger partial charge is 0.295 e. The summed E-state index contributed by atoms with van der Waals surface area (Å²) in [6, 6.07) is 14.8. The van der Waals surface area contributed by atoms with E-state index >= 15 is 0 Å². The molecule has 0 saturated heterocycles. The molecular weight excluding hydrogens is 349 g/mol. The van der Waals surface area contributed by atoms with Gasteiger partial charge >= 0.3 is 0 Å². The Kier molecular flexibility index (Phi) is 5.40. The highest BCUT2D eigenvalue weighted by molar-refractivity contribution is 5.91. The van der Waals surface area contributed by atoms with Gasteiger partial charge in [0.1, 0.15) is 17.3 Å². The molecule has 0 radical (unpaired) electrons. The molecule has 0 saturated carbocycles. The van der Waals surface area contributed by atoms with E-state index in [-0.39, 0.29) is 36.0 Å². The van der Waals surface area contributed by atoms with Gasteiger partial charge in [0.2, 0.25) is 5.91 Å². The summed E-state index contributed by atoms with van der Waals surface area (Å²) in [6.07, 6.45) is 0.0660. The molecule has 2 aromatic carbocycles. The lowest BCUT2D eigenvalue weighted by Crippen LogP contribution is -2.23. The molecule has 1 amide bonds. The predicted octanol–water partition coefficient (Wildman–Crippen LogP) is 3.03. The number of benzene rings is 2. The van der Waals surface area contributed by atoms with Crippen LogP contribution in [-0.2, 0) is 11.8 Å². The molecule has 0 bridgehead atoms. The second-order valence-electron chi connectivity index (χ2n) is 6.04. The molecule has 0 aliphatic rings. The molecule has 7 heteroatoms. The third kappa shape index (κ3) is 4.08. The zero-order chi connectivity index (χ0) is 19.4. The maximum atomic E-state index is 12.9. The SMILES string of the molecule is Cc1c(NC(=O)CCOc2ccc(F)cc2)c(=O)n(-c2ccccc2)n1C. The molecule has 0 fully saturated rings. The van der Waals surface area contributed by atoms with Crippen LogP contribution in [0.3, 0.4) is 0 Å². The average Bonchev–Trinajstić information content (AvgIpc) is 2.87. The number of halogens is 1. The third-order valence-electron chi connectivity index (χ3n) is 4.23. The Bertz CT molecular complexity index is 992. The fourth-order valence-corrected chi connectivity index (χ4v) is 2.71. The second-order valence-corrected chi connectivity index (χ2v) is 6.04. The minimum atomic E-state index is -0.352. The number of para-hydroxylation sites is 1. The molecule has 1 heterocycles. The topological polar surface area (TPSA) is 65.3 Å². The quantitative estimate of drug-likeness (QED) is 0.726. The van der Waals surface area contributed by atoms with Gasteiger partial charge < -0.3 is 10.1 Å². The average molecular weight is 369 g/mol. The van der Waals surface area contributed by atoms with Crippen LogP contribution in [0.15, 0.2) is 59.4 Å². The molecular formula is C20H20FN3O3. The van der Waals surface area contributed by atoms with Crippen molar-refractivity contribution in [2.45, 2.75) is 13.3 Å². The third-order valence-corrected chi connectivity index (χ3v) is 4.23. The summed E-state index contributed by atoms with van der Waals surface area (Å²) in [5.74, 6) is -0.205. The van der Waals surface area contributed by atoms with Crippen LogP contribution in [0, 0.1) is 12.7 Å². The summed E-state index contributed by atoms with van der Waals surface area (Å²) in [7, 11) is 1.76. The van der Waals surface area contributed by atoms with Crippen LogP contribution < -0.4 is 15.6 Å². The van der Waals surface area contributed by atoms with Gasteiger partial charge in [0.05, 0.1) is 24.4 Å². The number of hydrogen-bond acceptors (Lipinski definition) is 3. The van der Waals surface area contributed by atoms with Crippen molar-refractivity contribution in [1.82, 2.24) is 9.36 Å². The zero-order valence-corrected chi connectivity index (χ0v) is 15.1. The van der Waals surface area contributed by atoms with E-state index in [1.165, 1.54) is 28.9 Å². The molecule has 0 aliphatic heterocycles. The summed E-state index contributed by atoms with van der Waals surface area (Å²) in [5, 5.41) is 2.67. The number of anilines is 1. The van der Waals surface area contributed by atoms with Gasteiger partial charge in [-0.25, -0.2) is 9.07 Å². The maximum absolute atomic E-state index is 12.9. The number of hydrogen-bond donors (Lipinski definition) is 1. The molecule has 0 aliphatic carbocycles. The number of ether oxygens (including phenoxy) is 1. The Labute approximate surface area is 155 Å². The molecule has 0 unspecified atom stereocenters. The second kappa shape index (κ2) is 7.90. The summed E-state index contributed by atoms with van der Waals surface area (Å²) >= 11 is 0. The first-order chi connectivity index (χ1) is 13.0. The molecule has 3 aromatic rings. The number of carbonyl (C=O) groups excluding carboxylic acids is 1. The standard InChI is InChI=1S/C20H20FN3O3/c1-14-19(20(26)24(23(14)2)16-6-4-3-5-7-16)22-18(25)12-13-27-17-10-8-15(21)9-11-17/h3-11H,12-13H2,1-2H3,(H,22,25). The van der Waals surface area contributed by atoms with Crippen LogP contribution in [0.2, 0.25) is 0 Å². The highest BCUT2D eigenvalue weighted by Gasteiger charge is 2.17. The fourth-order valence-electron chi connectivity index (χ4n) is 2.71. The van der Waals surface area contributed by atoms with Crippen molar-refractivity contribution in [3.05, 3.63) is 76.5 Å². The van der Waals surface area contributed by atoms with Gasteiger partial charge in [0.25, 0.3) is 5.56 Å². The molecule has 140 valence electrons. The van der Waals surface area contributed by atoms with Gasteiger partial charge in [0, 0.05) is 7.05 Å². The molecule has 0 spiro atoms. The van der Waals surface area contributed by atoms with E-state index < -0.39 is 0 Å². The van der Waals surface area contributed by atoms with Gasteiger partial charge in [-0.2, -0.15) is 0 Å². The lowest BCUT2D eigenvalue weighted by atomic mass is 10.3. The molecule has 3 rings (SSSR count). The van der Waals surface area contributed by atoms with Gasteiger partial charge in [-0.1, -0.05) is 18.2 Å². The van der Waals surface area contributed by atoms with Crippen LogP contribution in [0.1, 0.15) is 12.1 Å². The molecule has 6 nitrogen and oxygen atoms in total. The molecule has 0 atom stereocenters. The number of carbonyl (C=O) groups is 1. The Hall–Kier alpha value is -3.35. The molecule has 1 N–H and O–H groups in total. The van der Waals surface area contributed by atoms with Crippen LogP contribution in [-0.4, -0.2) is 21.9 Å². The molecule has 1 aromatic heterocycles. The van der Waals surface area contributed by atoms with Gasteiger partial charge in [-0.3, -0.25) is 14.3 Å². The van der Waals surface area contributed by atoms with Gasteiger partial charge in [0.15, 0.2) is 0 Å². The number of rotatable bonds is 6. The highest BCUT2D eigenvalue weighted by Crippen LogP contribution is 2.15. The van der Waals surface area contributed by atoms with E-state index in [1.54, 1.807) is 18.7 Å². The van der Waals surface area contributed by atoms with Crippen molar-refractivity contribution in [3.63, 3.8) is 0 Å². The lowest BCUT2D eigenvalue weighted by Gasteiger charge is -2.07. The Balaban J connectivity index is 1.67. The first-order valence-electron chi connectivity index (χ1n) is 8.49. The minimum Gasteiger partial charge on any atom is -0.493 e. The van der Waals surface area contributed by atoms with E-state index in [0.717, 1.165) is 0 Å². The molecule has 27 heavy (non-hydrogen) atoms. The van der Waals surface area contributed by atoms with E-state index in [0.29, 0.717) is 17.1 Å². The predicted molar refractivity (Wildman–Crippen MR) is 101 cm³/mol. The van der Waals surface area contributed by atoms with E-state index in [9.17, 15) is 14.0 Å². The minimum absolute atomic E-state index is 0.0660. The van der Waals surface area contributed by atoms with E-state index in [2.05, 4.69) is 5.32 Å². The van der Waals surface area contributed by atoms with Crippen molar-refractivity contribution in [3.8, 4) is 11.4 Å². The summed E-state index contributed by atoms with van der Waals surface area (Å²) in [4.78, 5) is 24.9. The summed E-state index contributed by atoms with van der Waals surface area (Å²) in [6.45, 7) is 1.89. The first-order valence-corrected chi connectivity index (χ1v) is 8.49. The van der Waals surface area contributed by atoms with Gasteiger partial charge in [-0.15, -0.1) is 0 Å². The van der Waals surface area contributed by atoms with Crippen molar-refractivity contribution >= 4 is 11.6 Å². The van der Waals surface area contributed by atoms with Crippen LogP contribution in [0.5, 0.6) is 5.75 Å². The van der Waals surface area contributed by atoms with Crippen molar-refractivity contribution in [1.29, 1.82) is 0 Å². The number of nitrogens with zero attached hydrogens (tertiary/aromatic N) is 2. The van der Waals surface area contributed by atoms with E-state index in [4.69, 9.17) is 4.74 Å². The number of amides is 1. The highest BCUT2D eigenvalue weighted by atomic mass is 19.1. The lowest BCUT2D eigenvalue weighted by molar-refractivity contribution is -0.116. The van der Waals surface area contributed by atoms with Gasteiger partial charge in [-0.05, 0) is 43.3 Å². The normalized spacial score (nSPS) is 10.6. The fraction of sp³-hybridized carbons (Fsp3) is 0.200. The Morgan fingerprint density at radius 3 is 2.44 bits per heavy atom.